The number of carboxylic acids is 1. The molecule has 0 radical (unpaired) electrons. The highest BCUT2D eigenvalue weighted by atomic mass is 16.5. The maximum Gasteiger partial charge on any atom is 0.407 e. The van der Waals surface area contributed by atoms with Crippen molar-refractivity contribution >= 4 is 12.1 Å². The van der Waals surface area contributed by atoms with E-state index in [4.69, 9.17) is 9.47 Å². The summed E-state index contributed by atoms with van der Waals surface area (Å²) >= 11 is 0. The van der Waals surface area contributed by atoms with Crippen molar-refractivity contribution in [1.29, 1.82) is 0 Å². The van der Waals surface area contributed by atoms with Crippen LogP contribution in [0.3, 0.4) is 0 Å². The lowest BCUT2D eigenvalue weighted by atomic mass is 9.98. The zero-order chi connectivity index (χ0) is 21.0. The molecule has 0 aliphatic heterocycles. The largest absolute Gasteiger partial charge is 0.480 e. The Kier molecular flexibility index (Phi) is 6.23. The number of alkyl carbamates (subject to hydrolysis) is 1. The van der Waals surface area contributed by atoms with E-state index in [-0.39, 0.29) is 24.5 Å². The van der Waals surface area contributed by atoms with Crippen LogP contribution >= 0.6 is 0 Å². The summed E-state index contributed by atoms with van der Waals surface area (Å²) in [6.07, 6.45) is -0.765. The zero-order valence-electron chi connectivity index (χ0n) is 17.0. The molecule has 1 atom stereocenters. The van der Waals surface area contributed by atoms with Crippen LogP contribution in [0.4, 0.5) is 4.79 Å². The molecule has 29 heavy (non-hydrogen) atoms. The van der Waals surface area contributed by atoms with Gasteiger partial charge in [-0.25, -0.2) is 9.59 Å². The molecule has 0 saturated carbocycles. The highest BCUT2D eigenvalue weighted by Crippen LogP contribution is 2.44. The van der Waals surface area contributed by atoms with E-state index in [1.807, 2.05) is 57.2 Å². The molecule has 2 N–H and O–H groups in total. The van der Waals surface area contributed by atoms with E-state index in [1.165, 1.54) is 0 Å². The Morgan fingerprint density at radius 3 is 2.10 bits per heavy atom. The molecule has 0 heterocycles. The minimum atomic E-state index is -1.16. The van der Waals surface area contributed by atoms with Gasteiger partial charge in [-0.05, 0) is 27.7 Å². The molecule has 6 heteroatoms. The second kappa shape index (κ2) is 8.66. The van der Waals surface area contributed by atoms with Crippen molar-refractivity contribution in [1.82, 2.24) is 5.32 Å². The first-order valence-corrected chi connectivity index (χ1v) is 9.68. The van der Waals surface area contributed by atoms with Crippen LogP contribution in [0, 0.1) is 5.41 Å². The predicted octanol–water partition coefficient (Wildman–Crippen LogP) is 4.04. The van der Waals surface area contributed by atoms with E-state index in [9.17, 15) is 14.7 Å². The van der Waals surface area contributed by atoms with Gasteiger partial charge in [-0.1, -0.05) is 69.3 Å². The van der Waals surface area contributed by atoms with E-state index in [0.29, 0.717) is 6.61 Å². The number of benzene rings is 2. The van der Waals surface area contributed by atoms with Gasteiger partial charge in [0.15, 0.2) is 6.04 Å². The van der Waals surface area contributed by atoms with Crippen molar-refractivity contribution in [2.75, 3.05) is 19.8 Å². The van der Waals surface area contributed by atoms with Crippen molar-refractivity contribution < 1.29 is 24.2 Å². The first-order chi connectivity index (χ1) is 13.8. The maximum atomic E-state index is 12.2. The van der Waals surface area contributed by atoms with Crippen LogP contribution in [-0.2, 0) is 14.3 Å². The Morgan fingerprint density at radius 2 is 1.59 bits per heavy atom. The molecule has 0 aromatic heterocycles. The van der Waals surface area contributed by atoms with Gasteiger partial charge in [0.05, 0.1) is 13.2 Å². The number of fused-ring (bicyclic) bond motifs is 3. The summed E-state index contributed by atoms with van der Waals surface area (Å²) < 4.78 is 10.8. The molecule has 1 aliphatic rings. The smallest absolute Gasteiger partial charge is 0.407 e. The number of carbonyl (C=O) groups excluding carboxylic acids is 1. The van der Waals surface area contributed by atoms with Gasteiger partial charge in [0, 0.05) is 5.92 Å². The van der Waals surface area contributed by atoms with Gasteiger partial charge in [0.2, 0.25) is 0 Å². The van der Waals surface area contributed by atoms with Gasteiger partial charge in [-0.15, -0.1) is 0 Å². The van der Waals surface area contributed by atoms with Gasteiger partial charge >= 0.3 is 12.1 Å². The van der Waals surface area contributed by atoms with Crippen LogP contribution in [0.1, 0.15) is 37.8 Å². The fourth-order valence-electron chi connectivity index (χ4n) is 3.44. The predicted molar refractivity (Wildman–Crippen MR) is 110 cm³/mol. The fourth-order valence-corrected chi connectivity index (χ4v) is 3.44. The van der Waals surface area contributed by atoms with Crippen molar-refractivity contribution in [2.24, 2.45) is 5.41 Å². The Balaban J connectivity index is 1.61. The van der Waals surface area contributed by atoms with Crippen LogP contribution in [0.15, 0.2) is 48.5 Å². The van der Waals surface area contributed by atoms with E-state index in [0.717, 1.165) is 22.3 Å². The Hall–Kier alpha value is -2.86. The van der Waals surface area contributed by atoms with Gasteiger partial charge in [0.25, 0.3) is 0 Å². The number of ether oxygens (including phenoxy) is 2. The van der Waals surface area contributed by atoms with Gasteiger partial charge in [-0.2, -0.15) is 0 Å². The highest BCUT2D eigenvalue weighted by Gasteiger charge is 2.29. The average molecular weight is 397 g/mol. The summed E-state index contributed by atoms with van der Waals surface area (Å²) in [6, 6.07) is 14.9. The van der Waals surface area contributed by atoms with Crippen molar-refractivity contribution in [3.05, 3.63) is 59.7 Å². The molecular weight excluding hydrogens is 370 g/mol. The Bertz CT molecular complexity index is 841. The second-order valence-corrected chi connectivity index (χ2v) is 8.44. The molecule has 6 nitrogen and oxygen atoms in total. The zero-order valence-corrected chi connectivity index (χ0v) is 17.0. The summed E-state index contributed by atoms with van der Waals surface area (Å²) in [7, 11) is 0. The minimum Gasteiger partial charge on any atom is -0.480 e. The molecule has 1 amide bonds. The third-order valence-corrected chi connectivity index (χ3v) is 4.75. The first kappa shape index (κ1) is 20.9. The van der Waals surface area contributed by atoms with Gasteiger partial charge < -0.3 is 19.9 Å². The number of aliphatic carboxylic acids is 1. The van der Waals surface area contributed by atoms with Crippen molar-refractivity contribution in [2.45, 2.75) is 32.7 Å². The third-order valence-electron chi connectivity index (χ3n) is 4.75. The van der Waals surface area contributed by atoms with E-state index >= 15 is 0 Å². The number of nitrogens with one attached hydrogen (secondary N) is 1. The van der Waals surface area contributed by atoms with Crippen molar-refractivity contribution in [3.63, 3.8) is 0 Å². The first-order valence-electron chi connectivity index (χ1n) is 9.68. The lowest BCUT2D eigenvalue weighted by Gasteiger charge is -2.21. The Morgan fingerprint density at radius 1 is 1.03 bits per heavy atom. The molecule has 0 spiro atoms. The summed E-state index contributed by atoms with van der Waals surface area (Å²) in [5, 5.41) is 11.7. The topological polar surface area (TPSA) is 84.9 Å². The number of rotatable bonds is 7. The van der Waals surface area contributed by atoms with E-state index < -0.39 is 18.1 Å². The Labute approximate surface area is 170 Å². The van der Waals surface area contributed by atoms with Crippen LogP contribution in [-0.4, -0.2) is 43.0 Å². The van der Waals surface area contributed by atoms with Gasteiger partial charge in [0.1, 0.15) is 6.61 Å². The van der Waals surface area contributed by atoms with E-state index in [1.54, 1.807) is 0 Å². The number of amides is 1. The standard InChI is InChI=1S/C23H27NO5/c1-23(2,3)14-28-13-20(21(25)26)24-22(27)29-12-19-17-10-6-4-8-15(17)16-9-5-7-11-18(16)19/h4-11,19-20H,12-14H2,1-3H3,(H,24,27)(H,25,26). The quantitative estimate of drug-likeness (QED) is 0.737. The third kappa shape index (κ3) is 5.15. The number of carboxylic acid groups (broad SMARTS) is 1. The fraction of sp³-hybridized carbons (Fsp3) is 0.391. The minimum absolute atomic E-state index is 0.0754. The molecule has 0 fully saturated rings. The maximum absolute atomic E-state index is 12.2. The molecule has 2 aromatic carbocycles. The molecular formula is C23H27NO5. The molecule has 154 valence electrons. The SMILES string of the molecule is CC(C)(C)COCC(NC(=O)OCC1c2ccccc2-c2ccccc21)C(=O)O. The second-order valence-electron chi connectivity index (χ2n) is 8.44. The lowest BCUT2D eigenvalue weighted by Crippen LogP contribution is -2.45. The van der Waals surface area contributed by atoms with Crippen LogP contribution in [0.2, 0.25) is 0 Å². The average Bonchev–Trinajstić information content (AvgIpc) is 2.98. The highest BCUT2D eigenvalue weighted by molar-refractivity contribution is 5.81. The number of hydrogen-bond acceptors (Lipinski definition) is 4. The van der Waals surface area contributed by atoms with Crippen molar-refractivity contribution in [3.8, 4) is 11.1 Å². The monoisotopic (exact) mass is 397 g/mol. The van der Waals surface area contributed by atoms with E-state index in [2.05, 4.69) is 17.4 Å². The summed E-state index contributed by atoms with van der Waals surface area (Å²) in [5.41, 5.74) is 4.38. The molecule has 3 rings (SSSR count). The molecule has 0 saturated heterocycles. The molecule has 0 bridgehead atoms. The lowest BCUT2D eigenvalue weighted by molar-refractivity contribution is -0.141. The summed E-state index contributed by atoms with van der Waals surface area (Å²) in [5.74, 6) is -1.24. The number of hydrogen-bond donors (Lipinski definition) is 2. The van der Waals surface area contributed by atoms with Gasteiger partial charge in [-0.3, -0.25) is 0 Å². The molecule has 1 aliphatic carbocycles. The normalized spacial score (nSPS) is 14.0. The van der Waals surface area contributed by atoms with Crippen LogP contribution in [0.5, 0.6) is 0 Å². The summed E-state index contributed by atoms with van der Waals surface area (Å²) in [6.45, 7) is 6.38. The summed E-state index contributed by atoms with van der Waals surface area (Å²) in [4.78, 5) is 23.7. The number of carbonyl (C=O) groups is 2. The molecule has 1 unspecified atom stereocenters. The molecule has 2 aromatic rings. The van der Waals surface area contributed by atoms with Crippen LogP contribution in [0.25, 0.3) is 11.1 Å². The van der Waals surface area contributed by atoms with Crippen LogP contribution < -0.4 is 5.32 Å².